The molecule has 22 nitrogen and oxygen atoms in total. The quantitative estimate of drug-likeness (QED) is 0.136. The second-order valence-corrected chi connectivity index (χ2v) is 31.5. The minimum absolute atomic E-state index is 0. The van der Waals surface area contributed by atoms with Crippen molar-refractivity contribution in [3.05, 3.63) is 168 Å². The van der Waals surface area contributed by atoms with E-state index in [1.165, 1.54) is 111 Å². The number of thiazole rings is 1. The summed E-state index contributed by atoms with van der Waals surface area (Å²) in [4.78, 5) is 43.1. The first-order valence-corrected chi connectivity index (χ1v) is 46.3. The van der Waals surface area contributed by atoms with Crippen molar-refractivity contribution in [3.8, 4) is 0 Å². The van der Waals surface area contributed by atoms with Crippen molar-refractivity contribution in [1.82, 2.24) is 98.2 Å². The van der Waals surface area contributed by atoms with E-state index in [1.54, 1.807) is 35.6 Å². The predicted molar refractivity (Wildman–Crippen MR) is 518 cm³/mol. The molecular weight excluding hydrogens is 2230 g/mol. The minimum Gasteiger partial charge on any atom is -0.448 e. The number of oxazole rings is 1. The molecule has 8 aromatic heterocycles. The first kappa shape index (κ1) is 158. The van der Waals surface area contributed by atoms with Gasteiger partial charge in [0.05, 0.1) is 65.2 Å². The molecule has 0 aliphatic carbocycles. The zero-order chi connectivity index (χ0) is 86.2. The maximum absolute atomic E-state index is 5.25. The van der Waals surface area contributed by atoms with E-state index >= 15 is 0 Å². The number of rotatable bonds is 8. The van der Waals surface area contributed by atoms with Crippen LogP contribution in [0.4, 0.5) is 0 Å². The van der Waals surface area contributed by atoms with Crippen LogP contribution in [0.3, 0.4) is 0 Å². The Morgan fingerprint density at radius 1 is 0.354 bits per heavy atom. The molecule has 0 unspecified atom stereocenters. The number of H-pyrrole nitrogens is 2. The summed E-state index contributed by atoms with van der Waals surface area (Å²) in [6.07, 6.45) is 22.0. The molecule has 16 heterocycles. The average Bonchev–Trinajstić information content (AvgIpc) is 1.68. The Labute approximate surface area is 992 Å². The molecule has 0 bridgehead atoms. The molecule has 8 radical (unpaired) electrons. The number of nitrogens with zero attached hydrogens (tertiary/aromatic N) is 18. The molecule has 8 aromatic rings. The molecule has 127 heavy (non-hydrogen) atoms. The van der Waals surface area contributed by atoms with E-state index in [9.17, 15) is 0 Å². The SMILES string of the molecule is C.CC.CC.CC.CC.CC.CC.CC.CC.CC(C)N1CCc2[nH]ncc2C1.CC(C)N1CCc2c(cnn2C)C1.CC(C)N1CCc2c(ncn2C)C1.CC(C)N1CCc2nc[nH]c2C1.CC(C)N1CCc2ocnc2C1.CC(C)N1CCc2oncc2C1.CC(C)N1CCc2scnc2C1.CC(C)N1CCc2sncc2C1.[CH3-].[CH3-].[CH3-].[CH3-].[Y].[Y].[Y].[Y].[Y].[Y].[Y].[Y]. The second kappa shape index (κ2) is 92.7. The molecule has 2 N–H and O–H groups in total. The Balaban J connectivity index is -0.000000102. The van der Waals surface area contributed by atoms with Crippen LogP contribution in [0, 0.1) is 29.7 Å². The van der Waals surface area contributed by atoms with Gasteiger partial charge in [-0.05, 0) is 135 Å². The van der Waals surface area contributed by atoms with Crippen LogP contribution in [-0.4, -0.2) is 199 Å². The van der Waals surface area contributed by atoms with Gasteiger partial charge in [-0.15, -0.1) is 11.3 Å². The normalized spacial score (nSPS) is 14.4. The molecule has 16 rings (SSSR count). The number of hydrogen-bond donors (Lipinski definition) is 2. The molecule has 716 valence electrons. The van der Waals surface area contributed by atoms with Gasteiger partial charge < -0.3 is 48.2 Å². The van der Waals surface area contributed by atoms with Crippen LogP contribution >= 0.6 is 22.9 Å². The van der Waals surface area contributed by atoms with Crippen molar-refractivity contribution >= 4 is 22.9 Å². The summed E-state index contributed by atoms with van der Waals surface area (Å²) in [7, 11) is 4.11. The van der Waals surface area contributed by atoms with Crippen molar-refractivity contribution in [3.63, 3.8) is 0 Å². The van der Waals surface area contributed by atoms with Crippen molar-refractivity contribution in [2.75, 3.05) is 52.4 Å². The van der Waals surface area contributed by atoms with Gasteiger partial charge in [-0.2, -0.15) is 10.2 Å². The van der Waals surface area contributed by atoms with Crippen molar-refractivity contribution < 1.29 is 271 Å². The number of imidazole rings is 2. The molecule has 0 aromatic carbocycles. The molecule has 0 atom stereocenters. The van der Waals surface area contributed by atoms with Crippen LogP contribution in [0.25, 0.3) is 0 Å². The van der Waals surface area contributed by atoms with Crippen LogP contribution in [0.5, 0.6) is 0 Å². The van der Waals surface area contributed by atoms with Gasteiger partial charge in [-0.1, -0.05) is 123 Å². The predicted octanol–water partition coefficient (Wildman–Crippen LogP) is 22.1. The zero-order valence-corrected chi connectivity index (χ0v) is 112. The minimum atomic E-state index is 0. The fraction of sp³-hybridized carbons (Fsp3) is 0.705. The van der Waals surface area contributed by atoms with Crippen LogP contribution in [0.15, 0.2) is 58.3 Å². The number of nitrogens with one attached hydrogen (secondary N) is 2. The molecule has 8 aliphatic heterocycles. The Morgan fingerprint density at radius 2 is 0.756 bits per heavy atom. The van der Waals surface area contributed by atoms with Crippen LogP contribution in [0.1, 0.15) is 318 Å². The number of fused-ring (bicyclic) bond motifs is 8. The van der Waals surface area contributed by atoms with Gasteiger partial charge in [0.15, 0.2) is 6.39 Å². The third-order valence-corrected chi connectivity index (χ3v) is 22.5. The molecular formula is C95H184N20O2S2Y8-4. The van der Waals surface area contributed by atoms with Gasteiger partial charge in [0.25, 0.3) is 0 Å². The smallest absolute Gasteiger partial charge is 0.181 e. The van der Waals surface area contributed by atoms with E-state index in [2.05, 4.69) is 211 Å². The van der Waals surface area contributed by atoms with E-state index in [1.807, 2.05) is 159 Å². The average molecular weight is 2410 g/mol. The Hall–Kier alpha value is 3.03. The summed E-state index contributed by atoms with van der Waals surface area (Å²) in [6, 6.07) is 5.11. The largest absolute Gasteiger partial charge is 0.448 e. The number of aromatic amines is 2. The summed E-state index contributed by atoms with van der Waals surface area (Å²) < 4.78 is 18.7. The Kier molecular flexibility index (Phi) is 115. The van der Waals surface area contributed by atoms with Crippen LogP contribution in [0.2, 0.25) is 0 Å². The molecule has 0 spiro atoms. The van der Waals surface area contributed by atoms with Gasteiger partial charge in [-0.25, -0.2) is 24.3 Å². The molecule has 0 amide bonds. The van der Waals surface area contributed by atoms with Gasteiger partial charge in [-0.3, -0.25) is 49.0 Å². The van der Waals surface area contributed by atoms with Gasteiger partial charge >= 0.3 is 0 Å². The first-order chi connectivity index (χ1) is 55.0. The van der Waals surface area contributed by atoms with E-state index in [-0.39, 0.29) is 299 Å². The van der Waals surface area contributed by atoms with Gasteiger partial charge in [0.1, 0.15) is 11.5 Å². The number of aromatic nitrogens is 12. The number of aryl methyl sites for hydroxylation is 2. The third kappa shape index (κ3) is 55.9. The summed E-state index contributed by atoms with van der Waals surface area (Å²) in [5.41, 5.74) is 17.8. The molecule has 0 saturated carbocycles. The maximum atomic E-state index is 5.25. The van der Waals surface area contributed by atoms with E-state index in [0.717, 1.165) is 134 Å². The standard InChI is InChI=1S/2C10H17N3.2C9H15N3.2C9H14N2O.2C9H14N2S.8C2H6.CH4.4CH3.8Y/c1-8(2)13-5-4-10-9(6-13)11-7-12(10)3;1-8(2)13-5-4-10-9(7-13)6-11-12(10)3;1-7(2)12-4-3-9-8(6-12)5-10-11-9;1-7(2)12-4-3-8-9(5-12)11-6-10-8;1-7(2)11-4-3-9-8(5-11)10-6-12-9;1-7(2)11-4-3-9-8(6-11)5-10-12-9;1-7(2)11-4-3-9-8(5-11)10-6-12-9;1-7(2)11-4-3-9-8(6-11)5-10-12-9;8*1-2;;;;;;;;;;;;;/h7-8H,4-6H2,1-3H3;6,8H,4-5,7H2,1-3H3;5,7H,3-4,6H2,1-2H3,(H,10,11);6-7H,3-5H2,1-2H3,(H,10,11);6-7H,3-5H2,1-2H3;5,7H,3-4,6H2,1-2H3;6-7H,3-5H2,1-2H3;5,7H,3-4,6H2,1-2H3;8*1-2H3;1H4;4*1H3;;;;;;;;/q;;;;;;;;;;;;;;;;;4*-1;;;;;;;;. The third-order valence-electron chi connectivity index (χ3n) is 20.6. The molecule has 0 saturated heterocycles. The van der Waals surface area contributed by atoms with E-state index in [4.69, 9.17) is 8.94 Å². The topological polar surface area (TPSA) is 197 Å². The summed E-state index contributed by atoms with van der Waals surface area (Å²) in [5, 5.41) is 15.2. The molecule has 32 heteroatoms. The molecule has 0 fully saturated rings. The number of hydrogen-bond acceptors (Lipinski definition) is 20. The van der Waals surface area contributed by atoms with Gasteiger partial charge in [0, 0.05) is 523 Å². The summed E-state index contributed by atoms with van der Waals surface area (Å²) in [5.74, 6) is 2.15. The van der Waals surface area contributed by atoms with Gasteiger partial charge in [0.2, 0.25) is 0 Å². The first-order valence-electron chi connectivity index (χ1n) is 44.6. The van der Waals surface area contributed by atoms with Crippen molar-refractivity contribution in [2.24, 2.45) is 14.1 Å². The molecule has 8 aliphatic rings. The van der Waals surface area contributed by atoms with Crippen LogP contribution in [-0.2, 0) is 379 Å². The fourth-order valence-corrected chi connectivity index (χ4v) is 15.1. The Bertz CT molecular complexity index is 3150. The monoisotopic (exact) mass is 2410 g/mol. The van der Waals surface area contributed by atoms with E-state index < -0.39 is 0 Å². The Morgan fingerprint density at radius 3 is 1.26 bits per heavy atom. The summed E-state index contributed by atoms with van der Waals surface area (Å²) in [6.45, 7) is 85.3. The van der Waals surface area contributed by atoms with Crippen molar-refractivity contribution in [2.45, 2.75) is 381 Å². The van der Waals surface area contributed by atoms with Crippen molar-refractivity contribution in [1.29, 1.82) is 0 Å². The zero-order valence-electron chi connectivity index (χ0n) is 87.5. The van der Waals surface area contributed by atoms with Crippen LogP contribution < -0.4 is 0 Å². The summed E-state index contributed by atoms with van der Waals surface area (Å²) >= 11 is 3.46. The van der Waals surface area contributed by atoms with E-state index in [0.29, 0.717) is 48.3 Å². The maximum Gasteiger partial charge on any atom is 0.181 e. The second-order valence-electron chi connectivity index (χ2n) is 29.7. The fourth-order valence-electron chi connectivity index (χ4n) is 13.6.